The Bertz CT molecular complexity index is 1180. The zero-order valence-corrected chi connectivity index (χ0v) is 17.8. The molecule has 30 heavy (non-hydrogen) atoms. The van der Waals surface area contributed by atoms with Crippen LogP contribution in [0.1, 0.15) is 18.7 Å². The van der Waals surface area contributed by atoms with Crippen LogP contribution in [-0.4, -0.2) is 33.0 Å². The lowest BCUT2D eigenvalue weighted by atomic mass is 9.96. The lowest BCUT2D eigenvalue weighted by Gasteiger charge is -2.21. The molecule has 152 valence electrons. The van der Waals surface area contributed by atoms with Gasteiger partial charge in [-0.05, 0) is 48.6 Å². The molecule has 3 heterocycles. The molecule has 0 atom stereocenters. The van der Waals surface area contributed by atoms with Gasteiger partial charge < -0.3 is 4.74 Å². The summed E-state index contributed by atoms with van der Waals surface area (Å²) < 4.78 is 7.34. The maximum atomic E-state index is 6.55. The van der Waals surface area contributed by atoms with Crippen molar-refractivity contribution in [3.8, 4) is 22.4 Å². The van der Waals surface area contributed by atoms with Crippen LogP contribution in [0.3, 0.4) is 0 Å². The van der Waals surface area contributed by atoms with Crippen LogP contribution in [0.5, 0.6) is 0 Å². The minimum Gasteiger partial charge on any atom is -0.381 e. The number of hydrogen-bond acceptors (Lipinski definition) is 4. The van der Waals surface area contributed by atoms with E-state index < -0.39 is 0 Å². The Balaban J connectivity index is 1.66. The van der Waals surface area contributed by atoms with Gasteiger partial charge in [0.1, 0.15) is 5.69 Å². The van der Waals surface area contributed by atoms with Crippen molar-refractivity contribution in [2.45, 2.75) is 19.3 Å². The minimum atomic E-state index is 0.535. The zero-order chi connectivity index (χ0) is 20.5. The molecule has 0 bridgehead atoms. The average molecular weight is 439 g/mol. The van der Waals surface area contributed by atoms with E-state index in [4.69, 9.17) is 33.0 Å². The van der Waals surface area contributed by atoms with Gasteiger partial charge in [-0.2, -0.15) is 9.61 Å². The van der Waals surface area contributed by atoms with Gasteiger partial charge in [-0.3, -0.25) is 0 Å². The van der Waals surface area contributed by atoms with Crippen molar-refractivity contribution in [2.75, 3.05) is 13.2 Å². The lowest BCUT2D eigenvalue weighted by molar-refractivity contribution is 0.0658. The van der Waals surface area contributed by atoms with Crippen LogP contribution in [-0.2, 0) is 11.2 Å². The molecule has 1 fully saturated rings. The van der Waals surface area contributed by atoms with Crippen LogP contribution < -0.4 is 0 Å². The Morgan fingerprint density at radius 1 is 0.933 bits per heavy atom. The lowest BCUT2D eigenvalue weighted by Crippen LogP contribution is -2.19. The Hall–Kier alpha value is -2.47. The molecule has 2 aromatic heterocycles. The van der Waals surface area contributed by atoms with Gasteiger partial charge in [0, 0.05) is 35.8 Å². The summed E-state index contributed by atoms with van der Waals surface area (Å²) in [7, 11) is 0. The summed E-state index contributed by atoms with van der Waals surface area (Å²) in [5.41, 5.74) is 4.33. The number of halogens is 2. The summed E-state index contributed by atoms with van der Waals surface area (Å²) in [5.74, 6) is 1.40. The first-order valence-electron chi connectivity index (χ1n) is 10.0. The number of rotatable bonds is 4. The number of aromatic nitrogens is 4. The fourth-order valence-corrected chi connectivity index (χ4v) is 4.27. The van der Waals surface area contributed by atoms with Gasteiger partial charge in [0.25, 0.3) is 0 Å². The number of nitrogens with zero attached hydrogens (tertiary/aromatic N) is 4. The SMILES string of the molecule is Clc1ccc(-c2cc3nnc(CC4CCOCC4)n3nc2-c2ccccc2Cl)cc1. The second kappa shape index (κ2) is 8.34. The highest BCUT2D eigenvalue weighted by Crippen LogP contribution is 2.35. The second-order valence-electron chi connectivity index (χ2n) is 7.54. The fourth-order valence-electron chi connectivity index (χ4n) is 3.91. The summed E-state index contributed by atoms with van der Waals surface area (Å²) >= 11 is 12.6. The van der Waals surface area contributed by atoms with E-state index in [0.29, 0.717) is 16.0 Å². The Morgan fingerprint density at radius 2 is 1.70 bits per heavy atom. The molecule has 7 heteroatoms. The molecule has 5 rings (SSSR count). The molecule has 5 nitrogen and oxygen atoms in total. The molecule has 0 aliphatic carbocycles. The molecule has 1 aliphatic heterocycles. The third-order valence-corrected chi connectivity index (χ3v) is 6.14. The third-order valence-electron chi connectivity index (χ3n) is 5.55. The van der Waals surface area contributed by atoms with Gasteiger partial charge in [0.15, 0.2) is 11.5 Å². The van der Waals surface area contributed by atoms with E-state index in [1.54, 1.807) is 0 Å². The normalized spacial score (nSPS) is 15.0. The molecule has 0 amide bonds. The first-order chi connectivity index (χ1) is 14.7. The standard InChI is InChI=1S/C23H20Cl2N4O/c24-17-7-5-16(6-8-17)19-14-22-27-26-21(13-15-9-11-30-12-10-15)29(22)28-23(19)18-3-1-2-4-20(18)25/h1-8,14-15H,9-13H2. The highest BCUT2D eigenvalue weighted by Gasteiger charge is 2.20. The molecule has 1 aliphatic rings. The number of hydrogen-bond donors (Lipinski definition) is 0. The number of benzene rings is 2. The van der Waals surface area contributed by atoms with Gasteiger partial charge in [-0.25, -0.2) is 0 Å². The van der Waals surface area contributed by atoms with Crippen LogP contribution in [0, 0.1) is 5.92 Å². The van der Waals surface area contributed by atoms with Gasteiger partial charge in [0.2, 0.25) is 0 Å². The van der Waals surface area contributed by atoms with Crippen molar-refractivity contribution >= 4 is 28.8 Å². The van der Waals surface area contributed by atoms with E-state index in [9.17, 15) is 0 Å². The molecule has 0 spiro atoms. The summed E-state index contributed by atoms with van der Waals surface area (Å²) in [6.07, 6.45) is 2.91. The zero-order valence-electron chi connectivity index (χ0n) is 16.3. The largest absolute Gasteiger partial charge is 0.381 e. The van der Waals surface area contributed by atoms with Gasteiger partial charge in [0.05, 0.1) is 5.02 Å². The number of ether oxygens (including phenoxy) is 1. The first kappa shape index (κ1) is 19.5. The molecule has 0 unspecified atom stereocenters. The maximum absolute atomic E-state index is 6.55. The van der Waals surface area contributed by atoms with E-state index in [1.807, 2.05) is 59.1 Å². The molecule has 4 aromatic rings. The van der Waals surface area contributed by atoms with Crippen LogP contribution >= 0.6 is 23.2 Å². The summed E-state index contributed by atoms with van der Waals surface area (Å²) in [6, 6.07) is 17.5. The highest BCUT2D eigenvalue weighted by molar-refractivity contribution is 6.33. The number of fused-ring (bicyclic) bond motifs is 1. The Morgan fingerprint density at radius 3 is 2.47 bits per heavy atom. The second-order valence-corrected chi connectivity index (χ2v) is 8.38. The summed E-state index contributed by atoms with van der Waals surface area (Å²) in [5, 5.41) is 15.2. The topological polar surface area (TPSA) is 52.3 Å². The van der Waals surface area contributed by atoms with Gasteiger partial charge in [-0.15, -0.1) is 10.2 Å². The molecule has 0 radical (unpaired) electrons. The van der Waals surface area contributed by atoms with Gasteiger partial charge >= 0.3 is 0 Å². The molecular formula is C23H20Cl2N4O. The smallest absolute Gasteiger partial charge is 0.178 e. The Kier molecular flexibility index (Phi) is 5.42. The quantitative estimate of drug-likeness (QED) is 0.407. The van der Waals surface area contributed by atoms with Crippen molar-refractivity contribution in [2.24, 2.45) is 5.92 Å². The first-order valence-corrected chi connectivity index (χ1v) is 10.8. The molecular weight excluding hydrogens is 419 g/mol. The summed E-state index contributed by atoms with van der Waals surface area (Å²) in [4.78, 5) is 0. The van der Waals surface area contributed by atoms with E-state index in [1.165, 1.54) is 0 Å². The van der Waals surface area contributed by atoms with E-state index in [0.717, 1.165) is 66.3 Å². The predicted octanol–water partition coefficient (Wildman–Crippen LogP) is 5.73. The highest BCUT2D eigenvalue weighted by atomic mass is 35.5. The van der Waals surface area contributed by atoms with Crippen LogP contribution in [0.4, 0.5) is 0 Å². The Labute approximate surface area is 184 Å². The van der Waals surface area contributed by atoms with Crippen LogP contribution in [0.25, 0.3) is 28.0 Å². The minimum absolute atomic E-state index is 0.535. The van der Waals surface area contributed by atoms with Crippen molar-refractivity contribution in [1.29, 1.82) is 0 Å². The van der Waals surface area contributed by atoms with Crippen molar-refractivity contribution in [3.63, 3.8) is 0 Å². The molecule has 0 saturated carbocycles. The van der Waals surface area contributed by atoms with Crippen molar-refractivity contribution in [3.05, 3.63) is 70.5 Å². The van der Waals surface area contributed by atoms with Crippen molar-refractivity contribution in [1.82, 2.24) is 19.8 Å². The summed E-state index contributed by atoms with van der Waals surface area (Å²) in [6.45, 7) is 1.61. The van der Waals surface area contributed by atoms with Gasteiger partial charge in [-0.1, -0.05) is 53.5 Å². The van der Waals surface area contributed by atoms with Crippen molar-refractivity contribution < 1.29 is 4.74 Å². The molecule has 1 saturated heterocycles. The van der Waals surface area contributed by atoms with E-state index >= 15 is 0 Å². The maximum Gasteiger partial charge on any atom is 0.178 e. The monoisotopic (exact) mass is 438 g/mol. The third kappa shape index (κ3) is 3.81. The van der Waals surface area contributed by atoms with E-state index in [2.05, 4.69) is 10.2 Å². The molecule has 0 N–H and O–H groups in total. The molecule has 2 aromatic carbocycles. The predicted molar refractivity (Wildman–Crippen MR) is 119 cm³/mol. The average Bonchev–Trinajstić information content (AvgIpc) is 3.16. The van der Waals surface area contributed by atoms with Crippen LogP contribution in [0.15, 0.2) is 54.6 Å². The van der Waals surface area contributed by atoms with E-state index in [-0.39, 0.29) is 0 Å². The fraction of sp³-hybridized carbons (Fsp3) is 0.261. The van der Waals surface area contributed by atoms with Crippen LogP contribution in [0.2, 0.25) is 10.0 Å².